The number of rotatable bonds is 6. The molecule has 3 aliphatic heterocycles. The molecule has 2 atom stereocenters. The molecule has 10 nitrogen and oxygen atoms in total. The number of carbonyl (C=O) groups excluding carboxylic acids is 1. The van der Waals surface area contributed by atoms with Crippen molar-refractivity contribution in [3.05, 3.63) is 64.1 Å². The second kappa shape index (κ2) is 10.9. The van der Waals surface area contributed by atoms with E-state index in [1.54, 1.807) is 18.5 Å². The first-order chi connectivity index (χ1) is 19.4. The number of fused-ring (bicyclic) bond motifs is 1. The van der Waals surface area contributed by atoms with Gasteiger partial charge in [0.2, 0.25) is 11.5 Å². The smallest absolute Gasteiger partial charge is 0.257 e. The first-order valence-corrected chi connectivity index (χ1v) is 13.4. The van der Waals surface area contributed by atoms with Crippen LogP contribution >= 0.6 is 0 Å². The Kier molecular flexibility index (Phi) is 7.20. The summed E-state index contributed by atoms with van der Waals surface area (Å²) < 4.78 is 34.7. The van der Waals surface area contributed by atoms with Gasteiger partial charge < -0.3 is 29.7 Å². The third kappa shape index (κ3) is 5.04. The average Bonchev–Trinajstić information content (AvgIpc) is 3.56. The van der Waals surface area contributed by atoms with Crippen LogP contribution in [0.25, 0.3) is 11.1 Å². The van der Waals surface area contributed by atoms with E-state index in [-0.39, 0.29) is 16.7 Å². The monoisotopic (exact) mass is 551 g/mol. The Bertz CT molecular complexity index is 1460. The number of amides is 1. The highest BCUT2D eigenvalue weighted by Gasteiger charge is 2.40. The van der Waals surface area contributed by atoms with E-state index in [4.69, 9.17) is 4.74 Å². The SMILES string of the molecule is CN1CC[C@@H]2CN(c3cc(F)c(-c4cnc(N5CCOCC5)nc4)cc3NC(=O)c3c[nH]c(=O)cc3CF)C[C@@H]21. The zero-order chi connectivity index (χ0) is 27.8. The maximum atomic E-state index is 15.7. The van der Waals surface area contributed by atoms with Crippen LogP contribution in [-0.2, 0) is 11.4 Å². The van der Waals surface area contributed by atoms with Crippen LogP contribution in [0.2, 0.25) is 0 Å². The van der Waals surface area contributed by atoms with Gasteiger partial charge in [0.25, 0.3) is 5.91 Å². The zero-order valence-electron chi connectivity index (χ0n) is 22.2. The van der Waals surface area contributed by atoms with Gasteiger partial charge in [-0.2, -0.15) is 0 Å². The maximum Gasteiger partial charge on any atom is 0.257 e. The van der Waals surface area contributed by atoms with Crippen molar-refractivity contribution in [1.29, 1.82) is 0 Å². The lowest BCUT2D eigenvalue weighted by Gasteiger charge is -2.27. The summed E-state index contributed by atoms with van der Waals surface area (Å²) in [7, 11) is 2.09. The molecule has 1 amide bonds. The van der Waals surface area contributed by atoms with E-state index < -0.39 is 24.0 Å². The van der Waals surface area contributed by atoms with E-state index in [9.17, 15) is 14.0 Å². The standard InChI is InChI=1S/C28H31F2N7O3/c1-35-3-2-17-15-37(16-25(17)35)24-10-22(30)20(19-12-32-28(33-13-19)36-4-6-40-7-5-36)9-23(24)34-27(39)21-14-31-26(38)8-18(21)11-29/h8-10,12-14,17,25H,2-7,11,15-16H2,1H3,(H,31,38)(H,34,39)/t17-,25+/m1/s1. The molecule has 0 saturated carbocycles. The van der Waals surface area contributed by atoms with Gasteiger partial charge >= 0.3 is 0 Å². The van der Waals surface area contributed by atoms with Crippen molar-refractivity contribution in [2.45, 2.75) is 19.1 Å². The van der Waals surface area contributed by atoms with E-state index in [2.05, 4.69) is 37.1 Å². The number of hydrogen-bond donors (Lipinski definition) is 2. The molecule has 6 rings (SSSR count). The summed E-state index contributed by atoms with van der Waals surface area (Å²) in [4.78, 5) is 42.7. The van der Waals surface area contributed by atoms with Crippen molar-refractivity contribution in [3.8, 4) is 11.1 Å². The molecule has 0 unspecified atom stereocenters. The fourth-order valence-electron chi connectivity index (χ4n) is 5.93. The molecule has 3 aromatic rings. The molecule has 12 heteroatoms. The number of nitrogens with zero attached hydrogens (tertiary/aromatic N) is 5. The number of morpholine rings is 1. The number of likely N-dealkylation sites (N-methyl/N-ethyl adjacent to an activating group) is 1. The summed E-state index contributed by atoms with van der Waals surface area (Å²) in [6, 6.07) is 4.43. The molecule has 3 aliphatic rings. The highest BCUT2D eigenvalue weighted by atomic mass is 19.1. The number of ether oxygens (including phenoxy) is 1. The van der Waals surface area contributed by atoms with Gasteiger partial charge in [-0.25, -0.2) is 18.7 Å². The third-order valence-electron chi connectivity index (χ3n) is 8.14. The van der Waals surface area contributed by atoms with Crippen LogP contribution in [0.4, 0.5) is 26.1 Å². The second-order valence-electron chi connectivity index (χ2n) is 10.5. The summed E-state index contributed by atoms with van der Waals surface area (Å²) in [6.07, 6.45) is 5.40. The van der Waals surface area contributed by atoms with Crippen LogP contribution in [-0.4, -0.2) is 84.8 Å². The summed E-state index contributed by atoms with van der Waals surface area (Å²) in [5.74, 6) is -0.0651. The number of nitrogens with one attached hydrogen (secondary N) is 2. The van der Waals surface area contributed by atoms with E-state index in [0.717, 1.165) is 25.6 Å². The predicted molar refractivity (Wildman–Crippen MR) is 147 cm³/mol. The topological polar surface area (TPSA) is 107 Å². The minimum Gasteiger partial charge on any atom is -0.378 e. The molecule has 3 fully saturated rings. The van der Waals surface area contributed by atoms with E-state index in [1.165, 1.54) is 12.3 Å². The van der Waals surface area contributed by atoms with Crippen LogP contribution in [0.15, 0.2) is 41.6 Å². The molecule has 1 aromatic carbocycles. The minimum absolute atomic E-state index is 0.00940. The van der Waals surface area contributed by atoms with Crippen molar-refractivity contribution in [2.75, 3.05) is 68.1 Å². The van der Waals surface area contributed by atoms with Crippen molar-refractivity contribution in [2.24, 2.45) is 5.92 Å². The fraction of sp³-hybridized carbons (Fsp3) is 0.429. The molecule has 5 heterocycles. The molecule has 2 N–H and O–H groups in total. The quantitative estimate of drug-likeness (QED) is 0.482. The largest absolute Gasteiger partial charge is 0.378 e. The number of alkyl halides is 1. The Labute approximate surface area is 230 Å². The molecule has 0 spiro atoms. The van der Waals surface area contributed by atoms with Gasteiger partial charge in [-0.15, -0.1) is 0 Å². The number of H-pyrrole nitrogens is 1. The minimum atomic E-state index is -0.969. The van der Waals surface area contributed by atoms with Crippen molar-refractivity contribution in [1.82, 2.24) is 19.9 Å². The number of pyridine rings is 1. The van der Waals surface area contributed by atoms with Crippen LogP contribution in [0.3, 0.4) is 0 Å². The van der Waals surface area contributed by atoms with Crippen LogP contribution in [0.1, 0.15) is 22.3 Å². The highest BCUT2D eigenvalue weighted by molar-refractivity contribution is 6.07. The van der Waals surface area contributed by atoms with Gasteiger partial charge in [0.05, 0.1) is 30.2 Å². The molecular weight excluding hydrogens is 520 g/mol. The molecule has 0 bridgehead atoms. The van der Waals surface area contributed by atoms with Gasteiger partial charge in [0, 0.05) is 73.6 Å². The first kappa shape index (κ1) is 26.3. The molecule has 0 aliphatic carbocycles. The molecule has 210 valence electrons. The average molecular weight is 552 g/mol. The Balaban J connectivity index is 1.35. The summed E-state index contributed by atoms with van der Waals surface area (Å²) >= 11 is 0. The number of likely N-dealkylation sites (tertiary alicyclic amines) is 1. The van der Waals surface area contributed by atoms with E-state index in [1.807, 2.05) is 4.90 Å². The van der Waals surface area contributed by atoms with E-state index >= 15 is 4.39 Å². The first-order valence-electron chi connectivity index (χ1n) is 13.4. The van der Waals surface area contributed by atoms with E-state index in [0.29, 0.717) is 67.7 Å². The van der Waals surface area contributed by atoms with Gasteiger partial charge in [-0.05, 0) is 38.1 Å². The number of halogens is 2. The Hall–Kier alpha value is -3.90. The molecule has 0 radical (unpaired) electrons. The van der Waals surface area contributed by atoms with Crippen molar-refractivity contribution in [3.63, 3.8) is 0 Å². The number of carbonyl (C=O) groups is 1. The third-order valence-corrected chi connectivity index (χ3v) is 8.14. The Morgan fingerprint density at radius 1 is 1.12 bits per heavy atom. The Morgan fingerprint density at radius 2 is 1.90 bits per heavy atom. The number of hydrogen-bond acceptors (Lipinski definition) is 8. The van der Waals surface area contributed by atoms with Crippen molar-refractivity contribution < 1.29 is 18.3 Å². The van der Waals surface area contributed by atoms with Crippen LogP contribution < -0.4 is 20.7 Å². The van der Waals surface area contributed by atoms with Gasteiger partial charge in [0.15, 0.2) is 0 Å². The molecule has 40 heavy (non-hydrogen) atoms. The lowest BCUT2D eigenvalue weighted by Crippen LogP contribution is -2.37. The predicted octanol–water partition coefficient (Wildman–Crippen LogP) is 2.67. The van der Waals surface area contributed by atoms with Crippen molar-refractivity contribution >= 4 is 23.2 Å². The Morgan fingerprint density at radius 3 is 2.62 bits per heavy atom. The summed E-state index contributed by atoms with van der Waals surface area (Å²) in [5.41, 5.74) is 1.12. The zero-order valence-corrected chi connectivity index (χ0v) is 22.2. The number of benzene rings is 1. The fourth-order valence-corrected chi connectivity index (χ4v) is 5.93. The van der Waals surface area contributed by atoms with Crippen LogP contribution in [0.5, 0.6) is 0 Å². The number of aromatic nitrogens is 3. The highest BCUT2D eigenvalue weighted by Crippen LogP contribution is 2.39. The normalized spacial score (nSPS) is 21.1. The summed E-state index contributed by atoms with van der Waals surface area (Å²) in [5, 5.41) is 2.86. The lowest BCUT2D eigenvalue weighted by atomic mass is 10.0. The molecular formula is C28H31F2N7O3. The lowest BCUT2D eigenvalue weighted by molar-refractivity contribution is 0.102. The molecule has 2 aromatic heterocycles. The number of anilines is 3. The molecule has 3 saturated heterocycles. The van der Waals surface area contributed by atoms with Gasteiger partial charge in [-0.3, -0.25) is 9.59 Å². The maximum absolute atomic E-state index is 15.7. The number of aromatic amines is 1. The van der Waals surface area contributed by atoms with Gasteiger partial charge in [0.1, 0.15) is 12.5 Å². The summed E-state index contributed by atoms with van der Waals surface area (Å²) in [6.45, 7) is 4.04. The van der Waals surface area contributed by atoms with Gasteiger partial charge in [-0.1, -0.05) is 0 Å². The second-order valence-corrected chi connectivity index (χ2v) is 10.5. The van der Waals surface area contributed by atoms with Crippen LogP contribution in [0, 0.1) is 11.7 Å².